The zero-order valence-electron chi connectivity index (χ0n) is 12.1. The van der Waals surface area contributed by atoms with E-state index in [1.165, 1.54) is 12.2 Å². The van der Waals surface area contributed by atoms with Gasteiger partial charge in [0.2, 0.25) is 0 Å². The number of carbonyl (C=O) groups excluding carboxylic acids is 2. The predicted octanol–water partition coefficient (Wildman–Crippen LogP) is -0.442. The third kappa shape index (κ3) is 1.48. The lowest BCUT2D eigenvalue weighted by Gasteiger charge is -2.43. The van der Waals surface area contributed by atoms with Gasteiger partial charge in [-0.25, -0.2) is 4.79 Å². The first kappa shape index (κ1) is 14.7. The molecule has 6 atom stereocenters. The minimum atomic E-state index is -2.00. The highest BCUT2D eigenvalue weighted by molar-refractivity contribution is 6.00. The number of ketones is 1. The Kier molecular flexibility index (Phi) is 2.90. The van der Waals surface area contributed by atoms with Crippen molar-refractivity contribution in [2.24, 2.45) is 17.3 Å². The first-order chi connectivity index (χ1) is 9.71. The van der Waals surface area contributed by atoms with Crippen LogP contribution in [0.25, 0.3) is 0 Å². The second kappa shape index (κ2) is 4.15. The van der Waals surface area contributed by atoms with Crippen LogP contribution in [0.3, 0.4) is 0 Å². The molecule has 1 aliphatic heterocycles. The highest BCUT2D eigenvalue weighted by atomic mass is 16.6. The third-order valence-corrected chi connectivity index (χ3v) is 5.87. The summed E-state index contributed by atoms with van der Waals surface area (Å²) in [6.07, 6.45) is 2.77. The van der Waals surface area contributed by atoms with Gasteiger partial charge in [-0.3, -0.25) is 4.79 Å². The Balaban J connectivity index is 2.15. The maximum atomic E-state index is 12.4. The molecule has 6 heteroatoms. The minimum Gasteiger partial charge on any atom is -0.459 e. The van der Waals surface area contributed by atoms with Crippen LogP contribution in [0.5, 0.6) is 0 Å². The summed E-state index contributed by atoms with van der Waals surface area (Å²) in [5.41, 5.74) is -4.74. The van der Waals surface area contributed by atoms with E-state index in [9.17, 15) is 24.9 Å². The van der Waals surface area contributed by atoms with Gasteiger partial charge in [0.25, 0.3) is 0 Å². The summed E-state index contributed by atoms with van der Waals surface area (Å²) in [5, 5.41) is 30.9. The molecule has 21 heavy (non-hydrogen) atoms. The smallest absolute Gasteiger partial charge is 0.341 e. The number of hydrogen-bond donors (Lipinski definition) is 3. The molecule has 1 saturated carbocycles. The lowest BCUT2D eigenvalue weighted by Crippen LogP contribution is -2.57. The van der Waals surface area contributed by atoms with E-state index in [0.29, 0.717) is 12.8 Å². The Morgan fingerprint density at radius 3 is 2.62 bits per heavy atom. The molecule has 0 spiro atoms. The van der Waals surface area contributed by atoms with Gasteiger partial charge in [0.15, 0.2) is 11.4 Å². The molecule has 2 aliphatic carbocycles. The normalized spacial score (nSPS) is 52.3. The highest BCUT2D eigenvalue weighted by Gasteiger charge is 2.71. The topological polar surface area (TPSA) is 104 Å². The zero-order chi connectivity index (χ0) is 15.6. The van der Waals surface area contributed by atoms with Crippen LogP contribution in [0.15, 0.2) is 12.2 Å². The molecule has 6 unspecified atom stereocenters. The van der Waals surface area contributed by atoms with Gasteiger partial charge in [0, 0.05) is 5.92 Å². The molecule has 0 amide bonds. The van der Waals surface area contributed by atoms with E-state index < -0.39 is 41.2 Å². The fourth-order valence-corrected chi connectivity index (χ4v) is 4.23. The average molecular weight is 296 g/mol. The van der Waals surface area contributed by atoms with E-state index in [0.717, 1.165) is 0 Å². The summed E-state index contributed by atoms with van der Waals surface area (Å²) in [7, 11) is 0. The van der Waals surface area contributed by atoms with Crippen LogP contribution in [0.1, 0.15) is 26.7 Å². The van der Waals surface area contributed by atoms with Crippen LogP contribution in [0, 0.1) is 17.3 Å². The van der Waals surface area contributed by atoms with Crippen molar-refractivity contribution in [3.8, 4) is 0 Å². The Hall–Kier alpha value is -1.24. The van der Waals surface area contributed by atoms with Crippen molar-refractivity contribution < 1.29 is 29.6 Å². The summed E-state index contributed by atoms with van der Waals surface area (Å²) < 4.78 is 5.28. The number of allylic oxidation sites excluding steroid dienone is 1. The van der Waals surface area contributed by atoms with E-state index in [1.54, 1.807) is 6.92 Å². The fourth-order valence-electron chi connectivity index (χ4n) is 4.23. The summed E-state index contributed by atoms with van der Waals surface area (Å²) >= 11 is 0. The Morgan fingerprint density at radius 2 is 2.00 bits per heavy atom. The van der Waals surface area contributed by atoms with Gasteiger partial charge < -0.3 is 20.1 Å². The van der Waals surface area contributed by atoms with Crippen LogP contribution in [0.2, 0.25) is 0 Å². The minimum absolute atomic E-state index is 0.225. The number of carbonyl (C=O) groups is 2. The maximum absolute atomic E-state index is 12.4. The molecular formula is C15H20O6. The lowest BCUT2D eigenvalue weighted by molar-refractivity contribution is -0.169. The molecule has 0 aromatic heterocycles. The number of rotatable bonds is 1. The molecular weight excluding hydrogens is 276 g/mol. The predicted molar refractivity (Wildman–Crippen MR) is 71.0 cm³/mol. The van der Waals surface area contributed by atoms with Crippen LogP contribution in [0.4, 0.5) is 0 Å². The summed E-state index contributed by atoms with van der Waals surface area (Å²) in [4.78, 5) is 24.4. The number of hydrogen-bond acceptors (Lipinski definition) is 6. The van der Waals surface area contributed by atoms with Crippen molar-refractivity contribution in [1.29, 1.82) is 0 Å². The number of aliphatic hydroxyl groups excluding tert-OH is 1. The van der Waals surface area contributed by atoms with Gasteiger partial charge in [0.05, 0.1) is 12.0 Å². The van der Waals surface area contributed by atoms with Crippen molar-refractivity contribution in [2.75, 3.05) is 6.61 Å². The largest absolute Gasteiger partial charge is 0.459 e. The molecule has 116 valence electrons. The molecule has 3 aliphatic rings. The number of esters is 1. The number of ether oxygens (including phenoxy) is 1. The summed E-state index contributed by atoms with van der Waals surface area (Å²) in [6.45, 7) is 2.66. The zero-order valence-corrected chi connectivity index (χ0v) is 12.1. The first-order valence-corrected chi connectivity index (χ1v) is 7.22. The Labute approximate surface area is 122 Å². The van der Waals surface area contributed by atoms with Gasteiger partial charge in [0.1, 0.15) is 11.7 Å². The molecule has 1 saturated heterocycles. The molecule has 6 nitrogen and oxygen atoms in total. The van der Waals surface area contributed by atoms with Gasteiger partial charge in [-0.15, -0.1) is 0 Å². The molecule has 2 fully saturated rings. The second-order valence-corrected chi connectivity index (χ2v) is 6.72. The van der Waals surface area contributed by atoms with E-state index in [4.69, 9.17) is 4.74 Å². The SMILES string of the molecule is CC1CCC2C(OC(=O)C2(O)CO)C2(C)C(=O)C=CC12O. The fraction of sp³-hybridized carbons (Fsp3) is 0.733. The van der Waals surface area contributed by atoms with Crippen LogP contribution in [-0.4, -0.2) is 51.0 Å². The first-order valence-electron chi connectivity index (χ1n) is 7.22. The van der Waals surface area contributed by atoms with Gasteiger partial charge in [-0.05, 0) is 37.8 Å². The van der Waals surface area contributed by atoms with E-state index in [-0.39, 0.29) is 11.7 Å². The van der Waals surface area contributed by atoms with Gasteiger partial charge in [-0.2, -0.15) is 0 Å². The highest BCUT2D eigenvalue weighted by Crippen LogP contribution is 2.57. The molecule has 0 bridgehead atoms. The van der Waals surface area contributed by atoms with Crippen molar-refractivity contribution in [2.45, 2.75) is 44.0 Å². The van der Waals surface area contributed by atoms with Crippen molar-refractivity contribution in [3.63, 3.8) is 0 Å². The van der Waals surface area contributed by atoms with Crippen molar-refractivity contribution in [3.05, 3.63) is 12.2 Å². The maximum Gasteiger partial charge on any atom is 0.341 e. The second-order valence-electron chi connectivity index (χ2n) is 6.72. The molecule has 3 rings (SSSR count). The summed E-state index contributed by atoms with van der Waals surface area (Å²) in [6, 6.07) is 0. The van der Waals surface area contributed by atoms with E-state index in [1.807, 2.05) is 6.92 Å². The number of fused-ring (bicyclic) bond motifs is 3. The summed E-state index contributed by atoms with van der Waals surface area (Å²) in [5.74, 6) is -2.17. The van der Waals surface area contributed by atoms with Gasteiger partial charge >= 0.3 is 5.97 Å². The van der Waals surface area contributed by atoms with Crippen LogP contribution in [-0.2, 0) is 14.3 Å². The van der Waals surface area contributed by atoms with E-state index in [2.05, 4.69) is 0 Å². The number of aliphatic hydroxyl groups is 3. The molecule has 0 radical (unpaired) electrons. The Morgan fingerprint density at radius 1 is 1.33 bits per heavy atom. The molecule has 0 aromatic carbocycles. The third-order valence-electron chi connectivity index (χ3n) is 5.87. The lowest BCUT2D eigenvalue weighted by atomic mass is 9.64. The van der Waals surface area contributed by atoms with Crippen LogP contribution < -0.4 is 0 Å². The molecule has 0 aromatic rings. The standard InChI is InChI=1S/C15H20O6/c1-8-3-4-9-11(21-12(18)14(9,19)7-16)13(2)10(17)5-6-15(8,13)20/h5-6,8-9,11,16,19-20H,3-4,7H2,1-2H3. The quantitative estimate of drug-likeness (QED) is 0.567. The van der Waals surface area contributed by atoms with Crippen molar-refractivity contribution in [1.82, 2.24) is 0 Å². The van der Waals surface area contributed by atoms with Crippen LogP contribution >= 0.6 is 0 Å². The van der Waals surface area contributed by atoms with Crippen molar-refractivity contribution >= 4 is 11.8 Å². The average Bonchev–Trinajstić information content (AvgIpc) is 2.82. The molecule has 1 heterocycles. The monoisotopic (exact) mass is 296 g/mol. The Bertz CT molecular complexity index is 542. The molecule has 3 N–H and O–H groups in total. The van der Waals surface area contributed by atoms with Gasteiger partial charge in [-0.1, -0.05) is 6.92 Å². The van der Waals surface area contributed by atoms with E-state index >= 15 is 0 Å².